The summed E-state index contributed by atoms with van der Waals surface area (Å²) >= 11 is 0. The van der Waals surface area contributed by atoms with Gasteiger partial charge in [0.25, 0.3) is 0 Å². The highest BCUT2D eigenvalue weighted by Crippen LogP contribution is 2.37. The molecule has 5 heteroatoms. The van der Waals surface area contributed by atoms with E-state index in [0.717, 1.165) is 0 Å². The molecule has 1 aliphatic heterocycles. The van der Waals surface area contributed by atoms with Gasteiger partial charge in [0.15, 0.2) is 11.6 Å². The average Bonchev–Trinajstić information content (AvgIpc) is 2.79. The molecule has 102 valence electrons. The number of methoxy groups -OCH3 is 2. The van der Waals surface area contributed by atoms with Crippen LogP contribution in [-0.2, 0) is 4.79 Å². The van der Waals surface area contributed by atoms with Crippen molar-refractivity contribution < 1.29 is 18.7 Å². The third-order valence-corrected chi connectivity index (χ3v) is 3.23. The summed E-state index contributed by atoms with van der Waals surface area (Å²) in [5, 5.41) is 0. The number of hydrogen-bond donors (Lipinski definition) is 0. The molecule has 0 bridgehead atoms. The largest absolute Gasteiger partial charge is 0.494 e. The van der Waals surface area contributed by atoms with E-state index < -0.39 is 5.82 Å². The lowest BCUT2D eigenvalue weighted by Gasteiger charge is -2.20. The standard InChI is InChI=1S/C14H16FNO3/c1-4-9-5-14(17)16(8-9)11-6-10(15)12(18-2)7-13(11)19-3/h4,6-7,9H,1,5,8H2,2-3H3. The van der Waals surface area contributed by atoms with Crippen molar-refractivity contribution in [3.63, 3.8) is 0 Å². The summed E-state index contributed by atoms with van der Waals surface area (Å²) in [5.74, 6) is 0.00659. The van der Waals surface area contributed by atoms with Gasteiger partial charge in [-0.25, -0.2) is 4.39 Å². The summed E-state index contributed by atoms with van der Waals surface area (Å²) in [6.45, 7) is 4.18. The molecule has 1 fully saturated rings. The van der Waals surface area contributed by atoms with Crippen molar-refractivity contribution in [3.8, 4) is 11.5 Å². The summed E-state index contributed by atoms with van der Waals surface area (Å²) in [6.07, 6.45) is 2.13. The van der Waals surface area contributed by atoms with E-state index >= 15 is 0 Å². The third kappa shape index (κ3) is 2.41. The van der Waals surface area contributed by atoms with Gasteiger partial charge in [0.05, 0.1) is 19.9 Å². The van der Waals surface area contributed by atoms with Crippen molar-refractivity contribution in [2.45, 2.75) is 6.42 Å². The van der Waals surface area contributed by atoms with Crippen LogP contribution >= 0.6 is 0 Å². The third-order valence-electron chi connectivity index (χ3n) is 3.23. The Morgan fingerprint density at radius 1 is 1.37 bits per heavy atom. The van der Waals surface area contributed by atoms with E-state index in [1.807, 2.05) is 0 Å². The van der Waals surface area contributed by atoms with Crippen molar-refractivity contribution >= 4 is 11.6 Å². The maximum absolute atomic E-state index is 13.8. The molecule has 1 amide bonds. The molecule has 1 heterocycles. The van der Waals surface area contributed by atoms with Gasteiger partial charge in [0.1, 0.15) is 5.75 Å². The van der Waals surface area contributed by atoms with Crippen LogP contribution in [0.25, 0.3) is 0 Å². The Bertz CT molecular complexity index is 516. The van der Waals surface area contributed by atoms with Gasteiger partial charge in [-0.2, -0.15) is 0 Å². The number of hydrogen-bond acceptors (Lipinski definition) is 3. The van der Waals surface area contributed by atoms with Crippen LogP contribution < -0.4 is 14.4 Å². The van der Waals surface area contributed by atoms with Crippen LogP contribution in [0.3, 0.4) is 0 Å². The van der Waals surface area contributed by atoms with E-state index in [2.05, 4.69) is 6.58 Å². The lowest BCUT2D eigenvalue weighted by atomic mass is 10.1. The number of halogens is 1. The van der Waals surface area contributed by atoms with Crippen LogP contribution in [0.4, 0.5) is 10.1 Å². The zero-order chi connectivity index (χ0) is 14.0. The maximum Gasteiger partial charge on any atom is 0.227 e. The van der Waals surface area contributed by atoms with E-state index in [9.17, 15) is 9.18 Å². The Labute approximate surface area is 111 Å². The predicted octanol–water partition coefficient (Wildman–Crippen LogP) is 2.38. The molecule has 0 radical (unpaired) electrons. The van der Waals surface area contributed by atoms with Gasteiger partial charge < -0.3 is 14.4 Å². The van der Waals surface area contributed by atoms with E-state index in [4.69, 9.17) is 9.47 Å². The van der Waals surface area contributed by atoms with Gasteiger partial charge in [0, 0.05) is 31.0 Å². The second-order valence-corrected chi connectivity index (χ2v) is 4.36. The number of rotatable bonds is 4. The number of carbonyl (C=O) groups is 1. The van der Waals surface area contributed by atoms with Crippen molar-refractivity contribution in [3.05, 3.63) is 30.6 Å². The van der Waals surface area contributed by atoms with E-state index in [1.54, 1.807) is 6.08 Å². The lowest BCUT2D eigenvalue weighted by molar-refractivity contribution is -0.117. The van der Waals surface area contributed by atoms with E-state index in [-0.39, 0.29) is 17.6 Å². The van der Waals surface area contributed by atoms with Crippen LogP contribution in [-0.4, -0.2) is 26.7 Å². The molecule has 0 N–H and O–H groups in total. The lowest BCUT2D eigenvalue weighted by Crippen LogP contribution is -2.25. The minimum atomic E-state index is -0.520. The normalized spacial score (nSPS) is 18.6. The molecule has 0 aromatic heterocycles. The van der Waals surface area contributed by atoms with Gasteiger partial charge in [-0.3, -0.25) is 4.79 Å². The smallest absolute Gasteiger partial charge is 0.227 e. The van der Waals surface area contributed by atoms with Gasteiger partial charge in [-0.15, -0.1) is 6.58 Å². The number of ether oxygens (including phenoxy) is 2. The van der Waals surface area contributed by atoms with Crippen LogP contribution in [0.1, 0.15) is 6.42 Å². The van der Waals surface area contributed by atoms with Crippen LogP contribution in [0, 0.1) is 11.7 Å². The molecule has 1 unspecified atom stereocenters. The van der Waals surface area contributed by atoms with Crippen LogP contribution in [0.5, 0.6) is 11.5 Å². The first-order valence-corrected chi connectivity index (χ1v) is 5.95. The fraction of sp³-hybridized carbons (Fsp3) is 0.357. The molecule has 0 spiro atoms. The Morgan fingerprint density at radius 3 is 2.58 bits per heavy atom. The van der Waals surface area contributed by atoms with Crippen molar-refractivity contribution in [2.75, 3.05) is 25.7 Å². The molecule has 0 aliphatic carbocycles. The molecular formula is C14H16FNO3. The van der Waals surface area contributed by atoms with E-state index in [1.165, 1.54) is 31.3 Å². The fourth-order valence-electron chi connectivity index (χ4n) is 2.18. The molecular weight excluding hydrogens is 249 g/mol. The summed E-state index contributed by atoms with van der Waals surface area (Å²) in [5.41, 5.74) is 0.426. The Morgan fingerprint density at radius 2 is 2.05 bits per heavy atom. The zero-order valence-electron chi connectivity index (χ0n) is 11.0. The van der Waals surface area contributed by atoms with Gasteiger partial charge >= 0.3 is 0 Å². The van der Waals surface area contributed by atoms with Crippen LogP contribution in [0.15, 0.2) is 24.8 Å². The Kier molecular flexibility index (Phi) is 3.74. The van der Waals surface area contributed by atoms with Gasteiger partial charge in [0.2, 0.25) is 5.91 Å². The van der Waals surface area contributed by atoms with Gasteiger partial charge in [-0.1, -0.05) is 6.08 Å². The molecule has 0 saturated carbocycles. The molecule has 4 nitrogen and oxygen atoms in total. The zero-order valence-corrected chi connectivity index (χ0v) is 11.0. The number of amides is 1. The second-order valence-electron chi connectivity index (χ2n) is 4.36. The average molecular weight is 265 g/mol. The van der Waals surface area contributed by atoms with Crippen molar-refractivity contribution in [1.29, 1.82) is 0 Å². The SMILES string of the molecule is C=CC1CC(=O)N(c2cc(F)c(OC)cc2OC)C1. The minimum Gasteiger partial charge on any atom is -0.494 e. The molecule has 1 aromatic rings. The Hall–Kier alpha value is -2.04. The topological polar surface area (TPSA) is 38.8 Å². The molecule has 2 rings (SSSR count). The number of anilines is 1. The monoisotopic (exact) mass is 265 g/mol. The summed E-state index contributed by atoms with van der Waals surface area (Å²) in [6, 6.07) is 2.71. The highest BCUT2D eigenvalue weighted by molar-refractivity contribution is 5.97. The minimum absolute atomic E-state index is 0.0623. The molecule has 19 heavy (non-hydrogen) atoms. The Balaban J connectivity index is 2.41. The van der Waals surface area contributed by atoms with E-state index in [0.29, 0.717) is 24.4 Å². The summed E-state index contributed by atoms with van der Waals surface area (Å²) in [7, 11) is 2.86. The first-order valence-electron chi connectivity index (χ1n) is 5.95. The van der Waals surface area contributed by atoms with Crippen LogP contribution in [0.2, 0.25) is 0 Å². The van der Waals surface area contributed by atoms with Gasteiger partial charge in [-0.05, 0) is 0 Å². The predicted molar refractivity (Wildman–Crippen MR) is 70.2 cm³/mol. The second kappa shape index (κ2) is 5.30. The highest BCUT2D eigenvalue weighted by Gasteiger charge is 2.31. The molecule has 1 atom stereocenters. The first-order chi connectivity index (χ1) is 9.10. The maximum atomic E-state index is 13.8. The van der Waals surface area contributed by atoms with Crippen molar-refractivity contribution in [1.82, 2.24) is 0 Å². The van der Waals surface area contributed by atoms with Crippen molar-refractivity contribution in [2.24, 2.45) is 5.92 Å². The number of benzene rings is 1. The fourth-order valence-corrected chi connectivity index (χ4v) is 2.18. The highest BCUT2D eigenvalue weighted by atomic mass is 19.1. The summed E-state index contributed by atoms with van der Waals surface area (Å²) < 4.78 is 23.9. The summed E-state index contributed by atoms with van der Waals surface area (Å²) in [4.78, 5) is 13.5. The molecule has 1 saturated heterocycles. The first kappa shape index (κ1) is 13.4. The quantitative estimate of drug-likeness (QED) is 0.785. The number of nitrogens with zero attached hydrogens (tertiary/aromatic N) is 1. The molecule has 1 aromatic carbocycles. The number of carbonyl (C=O) groups excluding carboxylic acids is 1. The molecule has 1 aliphatic rings.